The number of hydrogen-bond donors (Lipinski definition) is 0. The summed E-state index contributed by atoms with van der Waals surface area (Å²) in [5.74, 6) is -4.06. The third-order valence-electron chi connectivity index (χ3n) is 9.41. The first-order chi connectivity index (χ1) is 21.8. The number of rotatable bonds is 10. The smallest absolute Gasteiger partial charge is 0.303 e. The zero-order valence-corrected chi connectivity index (χ0v) is 27.6. The van der Waals surface area contributed by atoms with Crippen molar-refractivity contribution in [3.63, 3.8) is 0 Å². The average Bonchev–Trinajstić information content (AvgIpc) is 2.94. The Morgan fingerprint density at radius 1 is 0.848 bits per heavy atom. The summed E-state index contributed by atoms with van der Waals surface area (Å²) in [5, 5.41) is 0.496. The molecule has 0 amide bonds. The van der Waals surface area contributed by atoms with Crippen LogP contribution in [0.25, 0.3) is 0 Å². The van der Waals surface area contributed by atoms with Crippen molar-refractivity contribution in [1.82, 2.24) is 0 Å². The first kappa shape index (κ1) is 33.9. The molecule has 2 aliphatic carbocycles. The van der Waals surface area contributed by atoms with Gasteiger partial charge in [0.05, 0.1) is 0 Å². The van der Waals surface area contributed by atoms with Crippen molar-refractivity contribution in [3.8, 4) is 0 Å². The van der Waals surface area contributed by atoms with E-state index >= 15 is 0 Å². The van der Waals surface area contributed by atoms with Gasteiger partial charge in [0, 0.05) is 45.4 Å². The third-order valence-corrected chi connectivity index (χ3v) is 9.78. The highest BCUT2D eigenvalue weighted by molar-refractivity contribution is 6.31. The summed E-state index contributed by atoms with van der Waals surface area (Å²) in [6, 6.07) is 13.7. The number of benzene rings is 2. The number of carbonyl (C=O) groups is 4. The van der Waals surface area contributed by atoms with Crippen LogP contribution in [0.2, 0.25) is 5.02 Å². The van der Waals surface area contributed by atoms with Crippen LogP contribution in [-0.4, -0.2) is 62.0 Å². The number of carbonyl (C=O) groups excluding carboxylic acids is 4. The first-order valence-electron chi connectivity index (χ1n) is 15.6. The summed E-state index contributed by atoms with van der Waals surface area (Å²) >= 11 is 6.70. The van der Waals surface area contributed by atoms with E-state index in [0.29, 0.717) is 28.3 Å². The summed E-state index contributed by atoms with van der Waals surface area (Å²) in [5.41, 5.74) is 4.14. The molecular weight excluding hydrogens is 616 g/mol. The normalized spacial score (nSPS) is 26.7. The standard InChI is InChI=1S/C35H41ClO10/c1-20(37)42-19-30-31(43-21(2)38)32(44-22(3)39)33(45-23(4)40)35(41-5,46-30)28-11-12-29(36)26(16-28)15-24-7-9-25(10-8-24)27-17-34(18-27)13-6-14-34/h7-12,16,27,30-33H,6,13-15,17-19H2,1-5H3/t30-,31-,32+,33-,35?/m1/s1. The van der Waals surface area contributed by atoms with Gasteiger partial charge in [-0.2, -0.15) is 0 Å². The lowest BCUT2D eigenvalue weighted by atomic mass is 9.51. The molecule has 3 aliphatic rings. The van der Waals surface area contributed by atoms with Crippen LogP contribution in [0.3, 0.4) is 0 Å². The fraction of sp³-hybridized carbons (Fsp3) is 0.543. The summed E-state index contributed by atoms with van der Waals surface area (Å²) in [6.07, 6.45) is 1.78. The van der Waals surface area contributed by atoms with E-state index in [1.807, 2.05) is 0 Å². The number of hydrogen-bond acceptors (Lipinski definition) is 10. The largest absolute Gasteiger partial charge is 0.463 e. The third kappa shape index (κ3) is 7.09. The molecule has 1 saturated heterocycles. The van der Waals surface area contributed by atoms with Crippen molar-refractivity contribution < 1.29 is 47.6 Å². The quantitative estimate of drug-likeness (QED) is 0.238. The van der Waals surface area contributed by atoms with Crippen molar-refractivity contribution in [2.45, 2.75) is 102 Å². The lowest BCUT2D eigenvalue weighted by Crippen LogP contribution is -2.67. The summed E-state index contributed by atoms with van der Waals surface area (Å²) in [4.78, 5) is 48.7. The van der Waals surface area contributed by atoms with Crippen LogP contribution in [0.15, 0.2) is 42.5 Å². The maximum atomic E-state index is 12.5. The van der Waals surface area contributed by atoms with E-state index in [0.717, 1.165) is 11.1 Å². The monoisotopic (exact) mass is 656 g/mol. The molecule has 0 bridgehead atoms. The molecule has 2 aromatic carbocycles. The maximum Gasteiger partial charge on any atom is 0.303 e. The Kier molecular flexibility index (Phi) is 10.1. The van der Waals surface area contributed by atoms with Crippen LogP contribution in [0.1, 0.15) is 88.0 Å². The van der Waals surface area contributed by atoms with Gasteiger partial charge in [-0.15, -0.1) is 0 Å². The van der Waals surface area contributed by atoms with Gasteiger partial charge in [-0.1, -0.05) is 48.4 Å². The van der Waals surface area contributed by atoms with Crippen LogP contribution in [0.4, 0.5) is 0 Å². The molecule has 2 saturated carbocycles. The number of methoxy groups -OCH3 is 1. The van der Waals surface area contributed by atoms with Crippen LogP contribution in [0, 0.1) is 5.41 Å². The highest BCUT2D eigenvalue weighted by Crippen LogP contribution is 2.61. The van der Waals surface area contributed by atoms with Gasteiger partial charge in [0.2, 0.25) is 11.9 Å². The zero-order valence-electron chi connectivity index (χ0n) is 26.8. The molecule has 11 heteroatoms. The van der Waals surface area contributed by atoms with Gasteiger partial charge in [-0.3, -0.25) is 19.2 Å². The Hall–Kier alpha value is -3.47. The average molecular weight is 657 g/mol. The van der Waals surface area contributed by atoms with Crippen molar-refractivity contribution >= 4 is 35.5 Å². The Labute approximate surface area is 273 Å². The van der Waals surface area contributed by atoms with E-state index < -0.39 is 54.1 Å². The maximum absolute atomic E-state index is 12.5. The molecule has 1 spiro atoms. The van der Waals surface area contributed by atoms with Crippen LogP contribution < -0.4 is 0 Å². The van der Waals surface area contributed by atoms with E-state index in [1.54, 1.807) is 18.2 Å². The van der Waals surface area contributed by atoms with E-state index in [9.17, 15) is 19.2 Å². The van der Waals surface area contributed by atoms with E-state index in [2.05, 4.69) is 24.3 Å². The second-order valence-corrected chi connectivity index (χ2v) is 13.1. The van der Waals surface area contributed by atoms with Crippen LogP contribution in [0.5, 0.6) is 0 Å². The molecule has 46 heavy (non-hydrogen) atoms. The summed E-state index contributed by atoms with van der Waals surface area (Å²) in [7, 11) is 1.34. The molecule has 0 aromatic heterocycles. The minimum Gasteiger partial charge on any atom is -0.463 e. The minimum atomic E-state index is -1.89. The Morgan fingerprint density at radius 2 is 1.48 bits per heavy atom. The predicted molar refractivity (Wildman–Crippen MR) is 166 cm³/mol. The lowest BCUT2D eigenvalue weighted by molar-refractivity contribution is -0.367. The minimum absolute atomic E-state index is 0.377. The summed E-state index contributed by atoms with van der Waals surface area (Å²) < 4.78 is 34.6. The lowest BCUT2D eigenvalue weighted by Gasteiger charge is -2.54. The van der Waals surface area contributed by atoms with Crippen molar-refractivity contribution in [2.75, 3.05) is 13.7 Å². The molecule has 1 aliphatic heterocycles. The van der Waals surface area contributed by atoms with E-state index in [1.165, 1.54) is 72.5 Å². The Balaban J connectivity index is 1.49. The van der Waals surface area contributed by atoms with Gasteiger partial charge in [-0.25, -0.2) is 0 Å². The van der Waals surface area contributed by atoms with Crippen LogP contribution >= 0.6 is 11.6 Å². The fourth-order valence-corrected chi connectivity index (χ4v) is 7.33. The van der Waals surface area contributed by atoms with Gasteiger partial charge in [0.15, 0.2) is 12.2 Å². The number of halogens is 1. The van der Waals surface area contributed by atoms with Gasteiger partial charge in [0.25, 0.3) is 0 Å². The van der Waals surface area contributed by atoms with Gasteiger partial charge in [0.1, 0.15) is 12.7 Å². The second-order valence-electron chi connectivity index (χ2n) is 12.7. The molecule has 1 heterocycles. The molecule has 2 aromatic rings. The zero-order chi connectivity index (χ0) is 33.2. The molecule has 0 radical (unpaired) electrons. The Bertz CT molecular complexity index is 1460. The second kappa shape index (κ2) is 13.7. The predicted octanol–water partition coefficient (Wildman–Crippen LogP) is 5.53. The molecular formula is C35H41ClO10. The summed E-state index contributed by atoms with van der Waals surface area (Å²) in [6.45, 7) is 4.36. The SMILES string of the molecule is COC1(c2ccc(Cl)c(Cc3ccc(C4CC5(CCC5)C4)cc3)c2)O[C@H](COC(C)=O)[C@@H](OC(C)=O)[C@H](OC(C)=O)[C@H]1OC(C)=O. The number of ether oxygens (including phenoxy) is 6. The topological polar surface area (TPSA) is 124 Å². The molecule has 5 rings (SSSR count). The van der Waals surface area contributed by atoms with Crippen LogP contribution in [-0.2, 0) is 59.8 Å². The molecule has 3 fully saturated rings. The van der Waals surface area contributed by atoms with Gasteiger partial charge >= 0.3 is 23.9 Å². The van der Waals surface area contributed by atoms with Crippen molar-refractivity contribution in [1.29, 1.82) is 0 Å². The molecule has 10 nitrogen and oxygen atoms in total. The highest BCUT2D eigenvalue weighted by Gasteiger charge is 2.61. The van der Waals surface area contributed by atoms with E-state index in [-0.39, 0.29) is 6.61 Å². The Morgan fingerprint density at radius 3 is 2.02 bits per heavy atom. The van der Waals surface area contributed by atoms with Gasteiger partial charge < -0.3 is 28.4 Å². The van der Waals surface area contributed by atoms with Crippen molar-refractivity contribution in [2.24, 2.45) is 5.41 Å². The van der Waals surface area contributed by atoms with Crippen molar-refractivity contribution in [3.05, 3.63) is 69.7 Å². The van der Waals surface area contributed by atoms with Gasteiger partial charge in [-0.05, 0) is 72.3 Å². The molecule has 0 N–H and O–H groups in total. The molecule has 5 atom stereocenters. The highest BCUT2D eigenvalue weighted by atomic mass is 35.5. The fourth-order valence-electron chi connectivity index (χ4n) is 7.14. The first-order valence-corrected chi connectivity index (χ1v) is 16.0. The molecule has 1 unspecified atom stereocenters. The number of esters is 4. The molecule has 248 valence electrons. The van der Waals surface area contributed by atoms with E-state index in [4.69, 9.17) is 40.0 Å².